The predicted molar refractivity (Wildman–Crippen MR) is 74.8 cm³/mol. The van der Waals surface area contributed by atoms with Gasteiger partial charge in [0.1, 0.15) is 5.75 Å². The van der Waals surface area contributed by atoms with E-state index in [9.17, 15) is 9.90 Å². The molecule has 1 fully saturated rings. The third-order valence-electron chi connectivity index (χ3n) is 3.96. The molecule has 2 rings (SSSR count). The van der Waals surface area contributed by atoms with Crippen LogP contribution in [-0.4, -0.2) is 30.3 Å². The van der Waals surface area contributed by atoms with Gasteiger partial charge in [0.25, 0.3) is 0 Å². The molecule has 0 amide bonds. The van der Waals surface area contributed by atoms with Crippen molar-refractivity contribution in [2.24, 2.45) is 5.92 Å². The monoisotopic (exact) mass is 263 g/mol. The molecule has 1 atom stereocenters. The zero-order valence-electron chi connectivity index (χ0n) is 11.7. The first-order valence-electron chi connectivity index (χ1n) is 6.59. The molecule has 1 aliphatic heterocycles. The van der Waals surface area contributed by atoms with Crippen molar-refractivity contribution < 1.29 is 14.6 Å². The molecule has 1 N–H and O–H groups in total. The van der Waals surface area contributed by atoms with E-state index >= 15 is 0 Å². The lowest BCUT2D eigenvalue weighted by Crippen LogP contribution is -2.52. The van der Waals surface area contributed by atoms with Crippen LogP contribution in [-0.2, 0) is 4.79 Å². The lowest BCUT2D eigenvalue weighted by molar-refractivity contribution is -0.142. The van der Waals surface area contributed by atoms with Crippen LogP contribution in [0.25, 0.3) is 0 Å². The normalized spacial score (nSPS) is 22.1. The summed E-state index contributed by atoms with van der Waals surface area (Å²) in [6, 6.07) is 7.78. The number of para-hydroxylation sites is 2. The molecule has 0 saturated carbocycles. The molecule has 1 saturated heterocycles. The molecule has 1 unspecified atom stereocenters. The van der Waals surface area contributed by atoms with Crippen molar-refractivity contribution in [3.05, 3.63) is 24.3 Å². The Morgan fingerprint density at radius 2 is 2.11 bits per heavy atom. The number of carboxylic acids is 1. The second-order valence-corrected chi connectivity index (χ2v) is 5.67. The number of benzene rings is 1. The lowest BCUT2D eigenvalue weighted by Gasteiger charge is -2.46. The molecule has 19 heavy (non-hydrogen) atoms. The molecule has 4 heteroatoms. The van der Waals surface area contributed by atoms with Gasteiger partial charge >= 0.3 is 5.97 Å². The van der Waals surface area contributed by atoms with Crippen LogP contribution >= 0.6 is 0 Å². The van der Waals surface area contributed by atoms with E-state index in [1.807, 2.05) is 24.3 Å². The van der Waals surface area contributed by atoms with Crippen molar-refractivity contribution in [3.8, 4) is 5.75 Å². The van der Waals surface area contributed by atoms with Gasteiger partial charge in [0, 0.05) is 12.1 Å². The minimum absolute atomic E-state index is 0.0550. The van der Waals surface area contributed by atoms with Crippen LogP contribution in [0.4, 0.5) is 5.69 Å². The van der Waals surface area contributed by atoms with Crippen LogP contribution < -0.4 is 9.64 Å². The standard InChI is InChI=1S/C15H21NO3/c1-15(2)9-8-11(14(17)18)10-16(15)12-6-4-5-7-13(12)19-3/h4-7,11H,8-10H2,1-3H3,(H,17,18). The fourth-order valence-corrected chi connectivity index (χ4v) is 2.70. The Labute approximate surface area is 114 Å². The highest BCUT2D eigenvalue weighted by Crippen LogP contribution is 2.39. The second kappa shape index (κ2) is 5.11. The van der Waals surface area contributed by atoms with E-state index in [2.05, 4.69) is 18.7 Å². The van der Waals surface area contributed by atoms with Crippen molar-refractivity contribution in [1.82, 2.24) is 0 Å². The Kier molecular flexibility index (Phi) is 3.69. The van der Waals surface area contributed by atoms with E-state index in [1.54, 1.807) is 7.11 Å². The first-order chi connectivity index (χ1) is 8.95. The lowest BCUT2D eigenvalue weighted by atomic mass is 9.84. The summed E-state index contributed by atoms with van der Waals surface area (Å²) in [4.78, 5) is 13.4. The average molecular weight is 263 g/mol. The molecule has 1 aliphatic rings. The molecule has 0 aliphatic carbocycles. The quantitative estimate of drug-likeness (QED) is 0.911. The Hall–Kier alpha value is -1.71. The number of aliphatic carboxylic acids is 1. The van der Waals surface area contributed by atoms with Gasteiger partial charge in [0.2, 0.25) is 0 Å². The predicted octanol–water partition coefficient (Wildman–Crippen LogP) is 2.77. The van der Waals surface area contributed by atoms with E-state index < -0.39 is 5.97 Å². The van der Waals surface area contributed by atoms with E-state index in [0.717, 1.165) is 24.3 Å². The maximum atomic E-state index is 11.2. The van der Waals surface area contributed by atoms with Gasteiger partial charge in [-0.25, -0.2) is 0 Å². The molecular weight excluding hydrogens is 242 g/mol. The first kappa shape index (κ1) is 13.7. The number of methoxy groups -OCH3 is 1. The van der Waals surface area contributed by atoms with Gasteiger partial charge < -0.3 is 14.7 Å². The summed E-state index contributed by atoms with van der Waals surface area (Å²) in [7, 11) is 1.64. The maximum absolute atomic E-state index is 11.2. The zero-order valence-corrected chi connectivity index (χ0v) is 11.7. The van der Waals surface area contributed by atoms with Gasteiger partial charge in [-0.2, -0.15) is 0 Å². The van der Waals surface area contributed by atoms with Crippen LogP contribution in [0.2, 0.25) is 0 Å². The summed E-state index contributed by atoms with van der Waals surface area (Å²) >= 11 is 0. The smallest absolute Gasteiger partial charge is 0.308 e. The van der Waals surface area contributed by atoms with E-state index in [0.29, 0.717) is 6.54 Å². The summed E-state index contributed by atoms with van der Waals surface area (Å²) in [6.07, 6.45) is 1.59. The minimum Gasteiger partial charge on any atom is -0.495 e. The van der Waals surface area contributed by atoms with Gasteiger partial charge in [-0.1, -0.05) is 12.1 Å². The summed E-state index contributed by atoms with van der Waals surface area (Å²) in [5, 5.41) is 9.24. The van der Waals surface area contributed by atoms with Gasteiger partial charge in [-0.05, 0) is 38.8 Å². The largest absolute Gasteiger partial charge is 0.495 e. The first-order valence-corrected chi connectivity index (χ1v) is 6.59. The molecule has 1 aromatic carbocycles. The zero-order chi connectivity index (χ0) is 14.0. The van der Waals surface area contributed by atoms with Crippen LogP contribution in [0.1, 0.15) is 26.7 Å². The number of anilines is 1. The average Bonchev–Trinajstić information content (AvgIpc) is 2.38. The van der Waals surface area contributed by atoms with Gasteiger partial charge in [0.15, 0.2) is 0 Å². The third kappa shape index (κ3) is 2.67. The highest BCUT2D eigenvalue weighted by atomic mass is 16.5. The minimum atomic E-state index is -0.713. The van der Waals surface area contributed by atoms with E-state index in [-0.39, 0.29) is 11.5 Å². The molecule has 1 aromatic rings. The van der Waals surface area contributed by atoms with Crippen molar-refractivity contribution >= 4 is 11.7 Å². The Bertz CT molecular complexity index is 470. The van der Waals surface area contributed by atoms with Crippen molar-refractivity contribution in [2.45, 2.75) is 32.2 Å². The number of nitrogens with zero attached hydrogens (tertiary/aromatic N) is 1. The second-order valence-electron chi connectivity index (χ2n) is 5.67. The highest BCUT2D eigenvalue weighted by molar-refractivity contribution is 5.72. The van der Waals surface area contributed by atoms with E-state index in [1.165, 1.54) is 0 Å². The van der Waals surface area contributed by atoms with Gasteiger partial charge in [-0.3, -0.25) is 4.79 Å². The fraction of sp³-hybridized carbons (Fsp3) is 0.533. The Morgan fingerprint density at radius 3 is 2.74 bits per heavy atom. The number of hydrogen-bond donors (Lipinski definition) is 1. The Balaban J connectivity index is 2.35. The number of carbonyl (C=O) groups is 1. The maximum Gasteiger partial charge on any atom is 0.308 e. The van der Waals surface area contributed by atoms with Gasteiger partial charge in [0.05, 0.1) is 18.7 Å². The van der Waals surface area contributed by atoms with Crippen molar-refractivity contribution in [1.29, 1.82) is 0 Å². The Morgan fingerprint density at radius 1 is 1.42 bits per heavy atom. The van der Waals surface area contributed by atoms with Crippen LogP contribution in [0.3, 0.4) is 0 Å². The number of piperidine rings is 1. The van der Waals surface area contributed by atoms with Gasteiger partial charge in [-0.15, -0.1) is 0 Å². The molecule has 104 valence electrons. The summed E-state index contributed by atoms with van der Waals surface area (Å²) < 4.78 is 5.40. The van der Waals surface area contributed by atoms with Crippen LogP contribution in [0.15, 0.2) is 24.3 Å². The van der Waals surface area contributed by atoms with Crippen molar-refractivity contribution in [3.63, 3.8) is 0 Å². The number of rotatable bonds is 3. The SMILES string of the molecule is COc1ccccc1N1CC(C(=O)O)CCC1(C)C. The molecule has 0 bridgehead atoms. The fourth-order valence-electron chi connectivity index (χ4n) is 2.70. The van der Waals surface area contributed by atoms with Crippen LogP contribution in [0, 0.1) is 5.92 Å². The molecule has 4 nitrogen and oxygen atoms in total. The third-order valence-corrected chi connectivity index (χ3v) is 3.96. The molecule has 0 radical (unpaired) electrons. The molecule has 0 aromatic heterocycles. The molecule has 0 spiro atoms. The van der Waals surface area contributed by atoms with Crippen molar-refractivity contribution in [2.75, 3.05) is 18.6 Å². The number of ether oxygens (including phenoxy) is 1. The highest BCUT2D eigenvalue weighted by Gasteiger charge is 2.37. The van der Waals surface area contributed by atoms with E-state index in [4.69, 9.17) is 4.74 Å². The summed E-state index contributed by atoms with van der Waals surface area (Å²) in [5.41, 5.74) is 0.918. The summed E-state index contributed by atoms with van der Waals surface area (Å²) in [6.45, 7) is 4.83. The van der Waals surface area contributed by atoms with Crippen LogP contribution in [0.5, 0.6) is 5.75 Å². The molecular formula is C15H21NO3. The number of carboxylic acid groups (broad SMARTS) is 1. The topological polar surface area (TPSA) is 49.8 Å². The summed E-state index contributed by atoms with van der Waals surface area (Å²) in [5.74, 6) is -0.227. The molecule has 1 heterocycles. The number of hydrogen-bond acceptors (Lipinski definition) is 3.